The Hall–Kier alpha value is -2.05. The molecule has 1 amide bonds. The summed E-state index contributed by atoms with van der Waals surface area (Å²) in [6, 6.07) is 5.95. The van der Waals surface area contributed by atoms with E-state index in [4.69, 9.17) is 9.84 Å². The number of amides is 1. The van der Waals surface area contributed by atoms with Crippen molar-refractivity contribution in [3.05, 3.63) is 41.8 Å². The summed E-state index contributed by atoms with van der Waals surface area (Å²) in [5.41, 5.74) is 0.704. The van der Waals surface area contributed by atoms with Crippen LogP contribution in [0.15, 0.2) is 30.5 Å². The van der Waals surface area contributed by atoms with Gasteiger partial charge in [-0.1, -0.05) is 6.07 Å². The van der Waals surface area contributed by atoms with Gasteiger partial charge in [-0.25, -0.2) is 4.39 Å². The predicted octanol–water partition coefficient (Wildman–Crippen LogP) is 1.50. The first kappa shape index (κ1) is 15.3. The molecule has 0 saturated carbocycles. The Bertz CT molecular complexity index is 619. The van der Waals surface area contributed by atoms with E-state index >= 15 is 0 Å². The van der Waals surface area contributed by atoms with Crippen molar-refractivity contribution in [3.63, 3.8) is 0 Å². The summed E-state index contributed by atoms with van der Waals surface area (Å²) in [7, 11) is 0. The summed E-state index contributed by atoms with van der Waals surface area (Å²) < 4.78 is 18.6. The Labute approximate surface area is 121 Å². The van der Waals surface area contributed by atoms with Gasteiger partial charge in [0.05, 0.1) is 24.3 Å². The van der Waals surface area contributed by atoms with Gasteiger partial charge in [-0.05, 0) is 24.6 Å². The number of benzene rings is 1. The Morgan fingerprint density at radius 2 is 2.24 bits per heavy atom. The Morgan fingerprint density at radius 1 is 1.38 bits per heavy atom. The second kappa shape index (κ2) is 7.66. The van der Waals surface area contributed by atoms with Crippen LogP contribution in [0.2, 0.25) is 0 Å². The van der Waals surface area contributed by atoms with E-state index < -0.39 is 5.82 Å². The van der Waals surface area contributed by atoms with Crippen LogP contribution in [0.1, 0.15) is 16.8 Å². The maximum atomic E-state index is 13.5. The van der Waals surface area contributed by atoms with E-state index in [9.17, 15) is 9.18 Å². The van der Waals surface area contributed by atoms with Crippen LogP contribution < -0.4 is 5.32 Å². The van der Waals surface area contributed by atoms with Crippen molar-refractivity contribution in [2.75, 3.05) is 26.4 Å². The Morgan fingerprint density at radius 3 is 3.05 bits per heavy atom. The third-order valence-corrected chi connectivity index (χ3v) is 2.90. The van der Waals surface area contributed by atoms with Gasteiger partial charge < -0.3 is 15.2 Å². The van der Waals surface area contributed by atoms with Gasteiger partial charge in [-0.2, -0.15) is 0 Å². The molecule has 5 nitrogen and oxygen atoms in total. The number of nitrogens with zero attached hydrogens (tertiary/aromatic N) is 1. The van der Waals surface area contributed by atoms with Gasteiger partial charge in [0.25, 0.3) is 5.91 Å². The number of carbonyl (C=O) groups excluding carboxylic acids is 1. The number of rotatable bonds is 7. The van der Waals surface area contributed by atoms with Crippen LogP contribution in [-0.2, 0) is 4.74 Å². The zero-order valence-corrected chi connectivity index (χ0v) is 11.5. The summed E-state index contributed by atoms with van der Waals surface area (Å²) in [5, 5.41) is 11.8. The fourth-order valence-corrected chi connectivity index (χ4v) is 1.97. The number of aliphatic hydroxyl groups excluding tert-OH is 1. The molecule has 2 N–H and O–H groups in total. The molecule has 0 bridgehead atoms. The van der Waals surface area contributed by atoms with E-state index in [1.54, 1.807) is 18.3 Å². The van der Waals surface area contributed by atoms with E-state index in [1.165, 1.54) is 12.1 Å². The highest BCUT2D eigenvalue weighted by Gasteiger charge is 2.12. The molecule has 0 aliphatic carbocycles. The standard InChI is InChI=1S/C15H17FN2O3/c16-12-9-11-3-1-4-17-14(11)13(10-12)15(20)18-5-2-7-21-8-6-19/h1,3-4,9-10,19H,2,5-8H2,(H,18,20). The van der Waals surface area contributed by atoms with Crippen LogP contribution in [-0.4, -0.2) is 42.4 Å². The molecule has 0 radical (unpaired) electrons. The van der Waals surface area contributed by atoms with Crippen LogP contribution in [0.4, 0.5) is 4.39 Å². The molecule has 21 heavy (non-hydrogen) atoms. The van der Waals surface area contributed by atoms with Crippen molar-refractivity contribution >= 4 is 16.8 Å². The van der Waals surface area contributed by atoms with E-state index in [-0.39, 0.29) is 24.7 Å². The molecule has 0 aliphatic rings. The van der Waals surface area contributed by atoms with Crippen LogP contribution in [0.25, 0.3) is 10.9 Å². The number of carbonyl (C=O) groups is 1. The van der Waals surface area contributed by atoms with Crippen molar-refractivity contribution in [2.45, 2.75) is 6.42 Å². The van der Waals surface area contributed by atoms with E-state index in [2.05, 4.69) is 10.3 Å². The molecule has 1 heterocycles. The molecular weight excluding hydrogens is 275 g/mol. The van der Waals surface area contributed by atoms with Crippen molar-refractivity contribution in [3.8, 4) is 0 Å². The van der Waals surface area contributed by atoms with Gasteiger partial charge in [0, 0.05) is 24.7 Å². The number of hydrogen-bond donors (Lipinski definition) is 2. The van der Waals surface area contributed by atoms with Crippen molar-refractivity contribution in [1.29, 1.82) is 0 Å². The third kappa shape index (κ3) is 4.21. The van der Waals surface area contributed by atoms with Crippen molar-refractivity contribution < 1.29 is 19.0 Å². The van der Waals surface area contributed by atoms with Crippen molar-refractivity contribution in [1.82, 2.24) is 10.3 Å². The first-order valence-electron chi connectivity index (χ1n) is 6.73. The molecule has 2 aromatic rings. The van der Waals surface area contributed by atoms with Crippen LogP contribution in [0.5, 0.6) is 0 Å². The zero-order valence-electron chi connectivity index (χ0n) is 11.5. The first-order valence-corrected chi connectivity index (χ1v) is 6.73. The number of nitrogens with one attached hydrogen (secondary N) is 1. The van der Waals surface area contributed by atoms with Gasteiger partial charge in [0.15, 0.2) is 0 Å². The van der Waals surface area contributed by atoms with Crippen LogP contribution in [0, 0.1) is 5.82 Å². The molecule has 2 rings (SSSR count). The maximum absolute atomic E-state index is 13.5. The number of halogens is 1. The van der Waals surface area contributed by atoms with Gasteiger partial charge in [0.2, 0.25) is 0 Å². The van der Waals surface area contributed by atoms with Crippen LogP contribution in [0.3, 0.4) is 0 Å². The second-order valence-electron chi connectivity index (χ2n) is 4.47. The van der Waals surface area contributed by atoms with Gasteiger partial charge in [-0.3, -0.25) is 9.78 Å². The molecule has 6 heteroatoms. The van der Waals surface area contributed by atoms with Crippen LogP contribution >= 0.6 is 0 Å². The lowest BCUT2D eigenvalue weighted by Crippen LogP contribution is -2.26. The Balaban J connectivity index is 1.99. The number of fused-ring (bicyclic) bond motifs is 1. The number of ether oxygens (including phenoxy) is 1. The fraction of sp³-hybridized carbons (Fsp3) is 0.333. The summed E-state index contributed by atoms with van der Waals surface area (Å²) in [4.78, 5) is 16.2. The summed E-state index contributed by atoms with van der Waals surface area (Å²) >= 11 is 0. The molecule has 0 unspecified atom stereocenters. The van der Waals surface area contributed by atoms with E-state index in [0.717, 1.165) is 0 Å². The summed E-state index contributed by atoms with van der Waals surface area (Å²) in [6.45, 7) is 1.12. The van der Waals surface area contributed by atoms with Crippen molar-refractivity contribution in [2.24, 2.45) is 0 Å². The van der Waals surface area contributed by atoms with Gasteiger partial charge in [-0.15, -0.1) is 0 Å². The molecule has 0 aliphatic heterocycles. The minimum absolute atomic E-state index is 0.0205. The molecule has 112 valence electrons. The number of aromatic nitrogens is 1. The average Bonchev–Trinajstić information content (AvgIpc) is 2.49. The zero-order chi connectivity index (χ0) is 15.1. The number of aliphatic hydroxyl groups is 1. The second-order valence-corrected chi connectivity index (χ2v) is 4.47. The molecule has 0 atom stereocenters. The highest BCUT2D eigenvalue weighted by Crippen LogP contribution is 2.18. The SMILES string of the molecule is O=C(NCCCOCCO)c1cc(F)cc2cccnc12. The predicted molar refractivity (Wildman–Crippen MR) is 76.6 cm³/mol. The average molecular weight is 292 g/mol. The topological polar surface area (TPSA) is 71.5 Å². The minimum atomic E-state index is -0.466. The molecule has 0 saturated heterocycles. The van der Waals surface area contributed by atoms with E-state index in [0.29, 0.717) is 30.5 Å². The smallest absolute Gasteiger partial charge is 0.253 e. The minimum Gasteiger partial charge on any atom is -0.394 e. The maximum Gasteiger partial charge on any atom is 0.253 e. The number of hydrogen-bond acceptors (Lipinski definition) is 4. The normalized spacial score (nSPS) is 10.8. The highest BCUT2D eigenvalue weighted by molar-refractivity contribution is 6.05. The lowest BCUT2D eigenvalue weighted by atomic mass is 10.1. The summed E-state index contributed by atoms with van der Waals surface area (Å²) in [5.74, 6) is -0.827. The highest BCUT2D eigenvalue weighted by atomic mass is 19.1. The van der Waals surface area contributed by atoms with Gasteiger partial charge in [0.1, 0.15) is 5.82 Å². The quantitative estimate of drug-likeness (QED) is 0.759. The third-order valence-electron chi connectivity index (χ3n) is 2.90. The Kier molecular flexibility index (Phi) is 5.59. The fourth-order valence-electron chi connectivity index (χ4n) is 1.97. The lowest BCUT2D eigenvalue weighted by Gasteiger charge is -2.08. The number of pyridine rings is 1. The monoisotopic (exact) mass is 292 g/mol. The van der Waals surface area contributed by atoms with Gasteiger partial charge >= 0.3 is 0 Å². The molecular formula is C15H17FN2O3. The van der Waals surface area contributed by atoms with E-state index in [1.807, 2.05) is 0 Å². The molecule has 0 fully saturated rings. The largest absolute Gasteiger partial charge is 0.394 e. The summed E-state index contributed by atoms with van der Waals surface area (Å²) in [6.07, 6.45) is 2.19. The first-order chi connectivity index (χ1) is 10.2. The lowest BCUT2D eigenvalue weighted by molar-refractivity contribution is 0.0868. The molecule has 1 aromatic heterocycles. The molecule has 0 spiro atoms. The molecule has 1 aromatic carbocycles.